The lowest BCUT2D eigenvalue weighted by Gasteiger charge is -2.30. The smallest absolute Gasteiger partial charge is 0.205 e. The molecule has 0 aliphatic carbocycles. The summed E-state index contributed by atoms with van der Waals surface area (Å²) >= 11 is 6.50. The number of ether oxygens (including phenoxy) is 2. The van der Waals surface area contributed by atoms with E-state index >= 15 is 0 Å². The van der Waals surface area contributed by atoms with Gasteiger partial charge in [0.1, 0.15) is 23.1 Å². The van der Waals surface area contributed by atoms with E-state index in [0.29, 0.717) is 24.5 Å². The number of carbonyl (C=O) groups excluding carboxylic acids is 5. The van der Waals surface area contributed by atoms with Gasteiger partial charge in [0.2, 0.25) is 11.6 Å². The first-order valence-corrected chi connectivity index (χ1v) is 14.3. The lowest BCUT2D eigenvalue weighted by atomic mass is 9.93. The van der Waals surface area contributed by atoms with Gasteiger partial charge in [-0.3, -0.25) is 19.2 Å². The van der Waals surface area contributed by atoms with Gasteiger partial charge in [-0.25, -0.2) is 0 Å². The van der Waals surface area contributed by atoms with Crippen molar-refractivity contribution < 1.29 is 33.4 Å². The Balaban J connectivity index is 1.52. The second-order valence-corrected chi connectivity index (χ2v) is 10.7. The number of ketones is 5. The quantitative estimate of drug-likeness (QED) is 0.177. The summed E-state index contributed by atoms with van der Waals surface area (Å²) < 4.78 is 11.7. The summed E-state index contributed by atoms with van der Waals surface area (Å²) in [5, 5.41) is 0.663. The van der Waals surface area contributed by atoms with E-state index in [4.69, 9.17) is 21.1 Å². The molecule has 2 atom stereocenters. The standard InChI is InChI=1S/C32H37ClO7/c1-3-39-27-14-8-22(9-15-27)17-24-18-23(10-16-29(24)33)32-6-4-5-28(40-32)20-31(38)30(37)19-26(36)13-12-25(35)11-7-21(2)34/h8-10,14-16,18,28,32H,3-7,11-13,17,19-20H2,1-2H3/t28-,32-/m1/s1. The largest absolute Gasteiger partial charge is 0.494 e. The van der Waals surface area contributed by atoms with Crippen LogP contribution in [-0.4, -0.2) is 41.6 Å². The Morgan fingerprint density at radius 3 is 2.30 bits per heavy atom. The first-order chi connectivity index (χ1) is 19.1. The minimum Gasteiger partial charge on any atom is -0.494 e. The maximum absolute atomic E-state index is 12.6. The van der Waals surface area contributed by atoms with E-state index < -0.39 is 29.9 Å². The van der Waals surface area contributed by atoms with Crippen molar-refractivity contribution in [2.45, 2.75) is 90.3 Å². The Morgan fingerprint density at radius 1 is 0.900 bits per heavy atom. The van der Waals surface area contributed by atoms with Crippen LogP contribution < -0.4 is 4.74 Å². The highest BCUT2D eigenvalue weighted by atomic mass is 35.5. The van der Waals surface area contributed by atoms with E-state index in [0.717, 1.165) is 35.3 Å². The zero-order valence-electron chi connectivity index (χ0n) is 23.2. The zero-order chi connectivity index (χ0) is 29.1. The highest BCUT2D eigenvalue weighted by Gasteiger charge is 2.28. The molecule has 0 N–H and O–H groups in total. The molecule has 0 saturated carbocycles. The molecule has 7 nitrogen and oxygen atoms in total. The first kappa shape index (κ1) is 31.4. The van der Waals surface area contributed by atoms with Crippen LogP contribution in [0.1, 0.15) is 94.4 Å². The monoisotopic (exact) mass is 568 g/mol. The summed E-state index contributed by atoms with van der Waals surface area (Å²) in [4.78, 5) is 59.8. The highest BCUT2D eigenvalue weighted by molar-refractivity contribution is 6.40. The van der Waals surface area contributed by atoms with Gasteiger partial charge in [0, 0.05) is 37.1 Å². The van der Waals surface area contributed by atoms with E-state index in [-0.39, 0.29) is 49.8 Å². The maximum atomic E-state index is 12.6. The molecular weight excluding hydrogens is 532 g/mol. The molecule has 1 aliphatic heterocycles. The van der Waals surface area contributed by atoms with Crippen molar-refractivity contribution in [3.05, 3.63) is 64.2 Å². The van der Waals surface area contributed by atoms with E-state index in [1.54, 1.807) is 0 Å². The van der Waals surface area contributed by atoms with Gasteiger partial charge in [-0.15, -0.1) is 0 Å². The van der Waals surface area contributed by atoms with Crippen LogP contribution in [0.5, 0.6) is 5.75 Å². The molecule has 8 heteroatoms. The number of carbonyl (C=O) groups is 5. The molecule has 1 heterocycles. The average Bonchev–Trinajstić information content (AvgIpc) is 2.93. The van der Waals surface area contributed by atoms with Crippen molar-refractivity contribution in [1.82, 2.24) is 0 Å². The summed E-state index contributed by atoms with van der Waals surface area (Å²) in [7, 11) is 0. The second kappa shape index (κ2) is 15.6. The summed E-state index contributed by atoms with van der Waals surface area (Å²) in [5.41, 5.74) is 3.04. The first-order valence-electron chi connectivity index (χ1n) is 13.9. The SMILES string of the molecule is CCOc1ccc(Cc2cc([C@H]3CCC[C@H](CC(=O)C(=O)CC(=O)CCC(=O)CCC(C)=O)O3)ccc2Cl)cc1. The lowest BCUT2D eigenvalue weighted by molar-refractivity contribution is -0.142. The third-order valence-corrected chi connectivity index (χ3v) is 7.31. The van der Waals surface area contributed by atoms with Crippen LogP contribution in [0.15, 0.2) is 42.5 Å². The van der Waals surface area contributed by atoms with Crippen LogP contribution in [0.3, 0.4) is 0 Å². The molecule has 40 heavy (non-hydrogen) atoms. The number of halogens is 1. The molecule has 2 aromatic carbocycles. The molecule has 0 aromatic heterocycles. The van der Waals surface area contributed by atoms with Crippen LogP contribution in [0.2, 0.25) is 5.02 Å². The molecule has 1 fully saturated rings. The van der Waals surface area contributed by atoms with Crippen molar-refractivity contribution in [2.75, 3.05) is 6.61 Å². The number of Topliss-reactive ketones (excluding diaryl/α,β-unsaturated/α-hetero) is 5. The van der Waals surface area contributed by atoms with Gasteiger partial charge < -0.3 is 14.3 Å². The van der Waals surface area contributed by atoms with E-state index in [1.807, 2.05) is 49.4 Å². The van der Waals surface area contributed by atoms with Crippen molar-refractivity contribution in [2.24, 2.45) is 0 Å². The fourth-order valence-electron chi connectivity index (χ4n) is 4.72. The summed E-state index contributed by atoms with van der Waals surface area (Å²) in [6.45, 7) is 3.96. The van der Waals surface area contributed by atoms with Gasteiger partial charge in [0.25, 0.3) is 0 Å². The van der Waals surface area contributed by atoms with Crippen molar-refractivity contribution in [3.8, 4) is 5.75 Å². The number of hydrogen-bond donors (Lipinski definition) is 0. The molecule has 2 aromatic rings. The van der Waals surface area contributed by atoms with Gasteiger partial charge in [-0.05, 0) is 74.4 Å². The molecule has 0 bridgehead atoms. The molecule has 1 saturated heterocycles. The average molecular weight is 569 g/mol. The summed E-state index contributed by atoms with van der Waals surface area (Å²) in [6.07, 6.45) is 1.82. The van der Waals surface area contributed by atoms with Gasteiger partial charge in [0.05, 0.1) is 25.2 Å². The Bertz CT molecular complexity index is 1220. The zero-order valence-corrected chi connectivity index (χ0v) is 24.0. The van der Waals surface area contributed by atoms with E-state index in [9.17, 15) is 24.0 Å². The molecule has 0 radical (unpaired) electrons. The van der Waals surface area contributed by atoms with Crippen LogP contribution in [-0.2, 0) is 35.1 Å². The molecule has 3 rings (SSSR count). The van der Waals surface area contributed by atoms with Gasteiger partial charge in [-0.1, -0.05) is 35.9 Å². The van der Waals surface area contributed by atoms with Crippen LogP contribution in [0.25, 0.3) is 0 Å². The third kappa shape index (κ3) is 10.1. The van der Waals surface area contributed by atoms with Gasteiger partial charge in [0.15, 0.2) is 0 Å². The third-order valence-electron chi connectivity index (χ3n) is 6.94. The number of benzene rings is 2. The number of rotatable bonds is 16. The Labute approximate surface area is 240 Å². The molecule has 214 valence electrons. The predicted octanol–water partition coefficient (Wildman–Crippen LogP) is 6.15. The van der Waals surface area contributed by atoms with Gasteiger partial charge >= 0.3 is 0 Å². The molecular formula is C32H37ClO7. The normalized spacial score (nSPS) is 16.8. The number of hydrogen-bond acceptors (Lipinski definition) is 7. The Hall–Kier alpha value is -3.16. The Kier molecular flexibility index (Phi) is 12.2. The lowest BCUT2D eigenvalue weighted by Crippen LogP contribution is -2.28. The maximum Gasteiger partial charge on any atom is 0.205 e. The molecule has 0 amide bonds. The van der Waals surface area contributed by atoms with Gasteiger partial charge in [-0.2, -0.15) is 0 Å². The highest BCUT2D eigenvalue weighted by Crippen LogP contribution is 2.34. The molecule has 0 unspecified atom stereocenters. The van der Waals surface area contributed by atoms with E-state index in [1.165, 1.54) is 6.92 Å². The summed E-state index contributed by atoms with van der Waals surface area (Å²) in [6, 6.07) is 13.7. The molecule has 1 aliphatic rings. The fraction of sp³-hybridized carbons (Fsp3) is 0.469. The Morgan fingerprint density at radius 2 is 1.60 bits per heavy atom. The van der Waals surface area contributed by atoms with Crippen molar-refractivity contribution in [1.29, 1.82) is 0 Å². The van der Waals surface area contributed by atoms with Crippen LogP contribution in [0.4, 0.5) is 0 Å². The fourth-order valence-corrected chi connectivity index (χ4v) is 4.91. The van der Waals surface area contributed by atoms with Crippen molar-refractivity contribution >= 4 is 40.5 Å². The summed E-state index contributed by atoms with van der Waals surface area (Å²) in [5.74, 6) is -1.30. The second-order valence-electron chi connectivity index (χ2n) is 10.3. The minimum atomic E-state index is -0.754. The minimum absolute atomic E-state index is 0.0251. The molecule has 0 spiro atoms. The van der Waals surface area contributed by atoms with Crippen molar-refractivity contribution in [3.63, 3.8) is 0 Å². The topological polar surface area (TPSA) is 104 Å². The van der Waals surface area contributed by atoms with Crippen LogP contribution >= 0.6 is 11.6 Å². The van der Waals surface area contributed by atoms with Crippen LogP contribution in [0, 0.1) is 0 Å². The van der Waals surface area contributed by atoms with E-state index in [2.05, 4.69) is 0 Å². The predicted molar refractivity (Wildman–Crippen MR) is 152 cm³/mol.